The van der Waals surface area contributed by atoms with Crippen LogP contribution in [0, 0.1) is 23.0 Å². The van der Waals surface area contributed by atoms with Crippen molar-refractivity contribution in [3.63, 3.8) is 0 Å². The Hall–Kier alpha value is -3.11. The van der Waals surface area contributed by atoms with Crippen molar-refractivity contribution < 1.29 is 14.1 Å². The van der Waals surface area contributed by atoms with Crippen LogP contribution in [0.4, 0.5) is 10.1 Å². The van der Waals surface area contributed by atoms with Crippen LogP contribution in [0.5, 0.6) is 0 Å². The van der Waals surface area contributed by atoms with Gasteiger partial charge in [0.1, 0.15) is 6.20 Å². The van der Waals surface area contributed by atoms with Crippen molar-refractivity contribution in [1.82, 2.24) is 25.0 Å². The summed E-state index contributed by atoms with van der Waals surface area (Å²) in [6.07, 6.45) is 2.24. The summed E-state index contributed by atoms with van der Waals surface area (Å²) in [5.41, 5.74) is 1.80. The molecule has 10 nitrogen and oxygen atoms in total. The highest BCUT2D eigenvalue weighted by atomic mass is 19.1. The summed E-state index contributed by atoms with van der Waals surface area (Å²) in [5, 5.41) is 22.2. The SMILES string of the molecule is CCn1cc([N+](=O)[O-])c(C(=O)N/N=C/c2c(C)nn(C)c2F)n1. The molecule has 0 aliphatic rings. The number of hydrazone groups is 1. The molecule has 2 heterocycles. The molecule has 0 saturated carbocycles. The number of halogens is 1. The van der Waals surface area contributed by atoms with Gasteiger partial charge in [-0.2, -0.15) is 19.7 Å². The van der Waals surface area contributed by atoms with Crippen molar-refractivity contribution in [2.24, 2.45) is 12.1 Å². The molecule has 1 N–H and O–H groups in total. The molecule has 2 aromatic rings. The zero-order valence-corrected chi connectivity index (χ0v) is 12.6. The standard InChI is InChI=1S/C12H14FN7O3/c1-4-19-6-9(20(22)23)10(17-19)12(21)15-14-5-8-7(2)16-18(3)11(8)13/h5-6H,4H2,1-3H3,(H,15,21)/b14-5+. The van der Waals surface area contributed by atoms with E-state index in [1.165, 1.54) is 11.7 Å². The highest BCUT2D eigenvalue weighted by Crippen LogP contribution is 2.16. The number of rotatable bonds is 5. The number of amides is 1. The Labute approximate surface area is 129 Å². The van der Waals surface area contributed by atoms with Crippen LogP contribution in [0.3, 0.4) is 0 Å². The smallest absolute Gasteiger partial charge is 0.265 e. The van der Waals surface area contributed by atoms with Gasteiger partial charge >= 0.3 is 5.69 Å². The number of aromatic nitrogens is 4. The monoisotopic (exact) mass is 323 g/mol. The lowest BCUT2D eigenvalue weighted by Crippen LogP contribution is -2.19. The molecule has 0 aliphatic carbocycles. The average molecular weight is 323 g/mol. The lowest BCUT2D eigenvalue weighted by molar-refractivity contribution is -0.385. The second-order valence-electron chi connectivity index (χ2n) is 4.59. The first-order valence-corrected chi connectivity index (χ1v) is 6.59. The van der Waals surface area contributed by atoms with E-state index in [9.17, 15) is 19.3 Å². The van der Waals surface area contributed by atoms with E-state index in [2.05, 4.69) is 20.7 Å². The molecule has 0 aliphatic heterocycles. The van der Waals surface area contributed by atoms with E-state index in [-0.39, 0.29) is 11.3 Å². The lowest BCUT2D eigenvalue weighted by atomic mass is 10.3. The molecule has 11 heteroatoms. The molecule has 0 atom stereocenters. The minimum absolute atomic E-state index is 0.112. The van der Waals surface area contributed by atoms with Crippen LogP contribution in [-0.2, 0) is 13.6 Å². The molecular weight excluding hydrogens is 309 g/mol. The molecule has 2 aromatic heterocycles. The normalized spacial score (nSPS) is 11.1. The predicted molar refractivity (Wildman–Crippen MR) is 77.5 cm³/mol. The summed E-state index contributed by atoms with van der Waals surface area (Å²) >= 11 is 0. The Bertz CT molecular complexity index is 793. The maximum atomic E-state index is 13.7. The summed E-state index contributed by atoms with van der Waals surface area (Å²) in [4.78, 5) is 22.2. The summed E-state index contributed by atoms with van der Waals surface area (Å²) < 4.78 is 16.0. The number of carbonyl (C=O) groups is 1. The van der Waals surface area contributed by atoms with Crippen molar-refractivity contribution in [3.8, 4) is 0 Å². The Morgan fingerprint density at radius 1 is 1.57 bits per heavy atom. The highest BCUT2D eigenvalue weighted by molar-refractivity contribution is 5.96. The minimum Gasteiger partial charge on any atom is -0.265 e. The maximum Gasteiger partial charge on any atom is 0.320 e. The van der Waals surface area contributed by atoms with Crippen LogP contribution in [0.25, 0.3) is 0 Å². The molecule has 0 unspecified atom stereocenters. The van der Waals surface area contributed by atoms with Crippen LogP contribution in [-0.4, -0.2) is 36.6 Å². The van der Waals surface area contributed by atoms with Gasteiger partial charge in [-0.05, 0) is 13.8 Å². The third-order valence-electron chi connectivity index (χ3n) is 3.03. The van der Waals surface area contributed by atoms with E-state index in [4.69, 9.17) is 0 Å². The first-order valence-electron chi connectivity index (χ1n) is 6.59. The molecule has 0 radical (unpaired) electrons. The van der Waals surface area contributed by atoms with E-state index in [0.717, 1.165) is 17.1 Å². The first-order chi connectivity index (χ1) is 10.8. The quantitative estimate of drug-likeness (QED) is 0.494. The number of carbonyl (C=O) groups excluding carboxylic acids is 1. The van der Waals surface area contributed by atoms with Gasteiger partial charge in [-0.3, -0.25) is 19.6 Å². The van der Waals surface area contributed by atoms with Crippen molar-refractivity contribution in [2.75, 3.05) is 0 Å². The van der Waals surface area contributed by atoms with Gasteiger partial charge in [0.25, 0.3) is 5.91 Å². The summed E-state index contributed by atoms with van der Waals surface area (Å²) in [7, 11) is 1.43. The third kappa shape index (κ3) is 3.22. The number of hydrogen-bond donors (Lipinski definition) is 1. The number of aryl methyl sites for hydroxylation is 3. The van der Waals surface area contributed by atoms with Gasteiger partial charge in [0.2, 0.25) is 11.6 Å². The fourth-order valence-electron chi connectivity index (χ4n) is 1.87. The zero-order valence-electron chi connectivity index (χ0n) is 12.6. The Kier molecular flexibility index (Phi) is 4.48. The molecule has 2 rings (SSSR count). The van der Waals surface area contributed by atoms with Crippen molar-refractivity contribution >= 4 is 17.8 Å². The fraction of sp³-hybridized carbons (Fsp3) is 0.333. The molecule has 1 amide bonds. The largest absolute Gasteiger partial charge is 0.320 e. The zero-order chi connectivity index (χ0) is 17.1. The summed E-state index contributed by atoms with van der Waals surface area (Å²) in [6.45, 7) is 3.68. The first kappa shape index (κ1) is 16.3. The van der Waals surface area contributed by atoms with Gasteiger partial charge in [0, 0.05) is 13.6 Å². The van der Waals surface area contributed by atoms with Crippen LogP contribution in [0.2, 0.25) is 0 Å². The number of nitrogens with zero attached hydrogens (tertiary/aromatic N) is 6. The highest BCUT2D eigenvalue weighted by Gasteiger charge is 2.25. The molecule has 23 heavy (non-hydrogen) atoms. The van der Waals surface area contributed by atoms with Crippen LogP contribution < -0.4 is 5.43 Å². The number of nitrogens with one attached hydrogen (secondary N) is 1. The Morgan fingerprint density at radius 3 is 2.78 bits per heavy atom. The average Bonchev–Trinajstić information content (AvgIpc) is 3.03. The molecular formula is C12H14FN7O3. The molecule has 0 fully saturated rings. The van der Waals surface area contributed by atoms with Crippen molar-refractivity contribution in [3.05, 3.63) is 39.2 Å². The van der Waals surface area contributed by atoms with Gasteiger partial charge in [-0.1, -0.05) is 0 Å². The maximum absolute atomic E-state index is 13.7. The van der Waals surface area contributed by atoms with Gasteiger partial charge in [-0.25, -0.2) is 10.1 Å². The summed E-state index contributed by atoms with van der Waals surface area (Å²) in [6, 6.07) is 0. The second kappa shape index (κ2) is 6.34. The van der Waals surface area contributed by atoms with Crippen LogP contribution >= 0.6 is 0 Å². The Balaban J connectivity index is 2.18. The van der Waals surface area contributed by atoms with Gasteiger partial charge in [-0.15, -0.1) is 0 Å². The van der Waals surface area contributed by atoms with E-state index >= 15 is 0 Å². The second-order valence-corrected chi connectivity index (χ2v) is 4.59. The molecule has 0 saturated heterocycles. The Morgan fingerprint density at radius 2 is 2.26 bits per heavy atom. The summed E-state index contributed by atoms with van der Waals surface area (Å²) in [5.74, 6) is -1.47. The predicted octanol–water partition coefficient (Wildman–Crippen LogP) is 0.756. The lowest BCUT2D eigenvalue weighted by Gasteiger charge is -1.96. The van der Waals surface area contributed by atoms with Crippen molar-refractivity contribution in [1.29, 1.82) is 0 Å². The topological polar surface area (TPSA) is 120 Å². The van der Waals surface area contributed by atoms with E-state index in [1.807, 2.05) is 0 Å². The van der Waals surface area contributed by atoms with E-state index in [0.29, 0.717) is 12.2 Å². The minimum atomic E-state index is -0.859. The van der Waals surface area contributed by atoms with Crippen LogP contribution in [0.15, 0.2) is 11.3 Å². The molecule has 0 spiro atoms. The fourth-order valence-corrected chi connectivity index (χ4v) is 1.87. The van der Waals surface area contributed by atoms with Gasteiger partial charge < -0.3 is 0 Å². The number of nitro groups is 1. The van der Waals surface area contributed by atoms with Crippen LogP contribution in [0.1, 0.15) is 28.7 Å². The van der Waals surface area contributed by atoms with E-state index in [1.54, 1.807) is 13.8 Å². The third-order valence-corrected chi connectivity index (χ3v) is 3.03. The molecule has 0 bridgehead atoms. The van der Waals surface area contributed by atoms with Gasteiger partial charge in [0.05, 0.1) is 22.4 Å². The molecule has 0 aromatic carbocycles. The number of hydrogen-bond acceptors (Lipinski definition) is 6. The van der Waals surface area contributed by atoms with Crippen molar-refractivity contribution in [2.45, 2.75) is 20.4 Å². The van der Waals surface area contributed by atoms with E-state index < -0.39 is 22.5 Å². The van der Waals surface area contributed by atoms with Gasteiger partial charge in [0.15, 0.2) is 0 Å². The molecule has 122 valence electrons.